The first-order chi connectivity index (χ1) is 6.79. The van der Waals surface area contributed by atoms with Crippen molar-refractivity contribution in [1.82, 2.24) is 4.98 Å². The molecule has 0 amide bonds. The summed E-state index contributed by atoms with van der Waals surface area (Å²) in [6.07, 6.45) is 6.67. The van der Waals surface area contributed by atoms with Crippen LogP contribution >= 0.6 is 0 Å². The van der Waals surface area contributed by atoms with Gasteiger partial charge in [0.15, 0.2) is 5.69 Å². The van der Waals surface area contributed by atoms with Gasteiger partial charge in [-0.25, -0.2) is 4.98 Å². The Morgan fingerprint density at radius 3 is 2.57 bits per heavy atom. The average molecular weight is 183 g/mol. The van der Waals surface area contributed by atoms with Gasteiger partial charge in [0.05, 0.1) is 0 Å². The van der Waals surface area contributed by atoms with Crippen molar-refractivity contribution in [3.05, 3.63) is 41.8 Å². The van der Waals surface area contributed by atoms with E-state index in [1.54, 1.807) is 0 Å². The standard InChI is InChI=1S/C12H9NO/c1-3-11-8-14-12(13-11)10-6-4-9(2)5-7-10/h1,4-8H,2H3. The van der Waals surface area contributed by atoms with Crippen molar-refractivity contribution in [1.29, 1.82) is 0 Å². The van der Waals surface area contributed by atoms with Crippen molar-refractivity contribution in [2.24, 2.45) is 0 Å². The van der Waals surface area contributed by atoms with E-state index in [0.29, 0.717) is 11.6 Å². The molecular formula is C12H9NO. The van der Waals surface area contributed by atoms with Crippen molar-refractivity contribution in [3.63, 3.8) is 0 Å². The van der Waals surface area contributed by atoms with Crippen LogP contribution in [0.25, 0.3) is 11.5 Å². The summed E-state index contributed by atoms with van der Waals surface area (Å²) >= 11 is 0. The zero-order valence-corrected chi connectivity index (χ0v) is 7.82. The monoisotopic (exact) mass is 183 g/mol. The summed E-state index contributed by atoms with van der Waals surface area (Å²) < 4.78 is 5.23. The van der Waals surface area contributed by atoms with Gasteiger partial charge < -0.3 is 4.42 Å². The number of aromatic nitrogens is 1. The fraction of sp³-hybridized carbons (Fsp3) is 0.0833. The fourth-order valence-corrected chi connectivity index (χ4v) is 1.17. The molecule has 68 valence electrons. The Bertz CT molecular complexity index is 474. The summed E-state index contributed by atoms with van der Waals surface area (Å²) in [6, 6.07) is 7.94. The van der Waals surface area contributed by atoms with E-state index < -0.39 is 0 Å². The van der Waals surface area contributed by atoms with Crippen LogP contribution in [0.15, 0.2) is 34.9 Å². The first-order valence-corrected chi connectivity index (χ1v) is 4.29. The molecule has 2 nitrogen and oxygen atoms in total. The van der Waals surface area contributed by atoms with Gasteiger partial charge in [-0.15, -0.1) is 6.42 Å². The Morgan fingerprint density at radius 2 is 2.00 bits per heavy atom. The molecule has 0 N–H and O–H groups in total. The number of hydrogen-bond donors (Lipinski definition) is 0. The summed E-state index contributed by atoms with van der Waals surface area (Å²) in [4.78, 5) is 4.13. The van der Waals surface area contributed by atoms with E-state index in [1.807, 2.05) is 31.2 Å². The maximum atomic E-state index is 5.23. The molecule has 0 radical (unpaired) electrons. The lowest BCUT2D eigenvalue weighted by Crippen LogP contribution is -1.78. The van der Waals surface area contributed by atoms with Crippen LogP contribution in [0.3, 0.4) is 0 Å². The van der Waals surface area contributed by atoms with Crippen molar-refractivity contribution < 1.29 is 4.42 Å². The minimum atomic E-state index is 0.528. The van der Waals surface area contributed by atoms with Crippen LogP contribution < -0.4 is 0 Å². The lowest BCUT2D eigenvalue weighted by atomic mass is 10.1. The minimum absolute atomic E-state index is 0.528. The Hall–Kier alpha value is -2.01. The normalized spacial score (nSPS) is 9.71. The second-order valence-electron chi connectivity index (χ2n) is 3.05. The fourth-order valence-electron chi connectivity index (χ4n) is 1.17. The SMILES string of the molecule is C#Cc1coc(-c2ccc(C)cc2)n1. The zero-order chi connectivity index (χ0) is 9.97. The molecule has 0 saturated carbocycles. The van der Waals surface area contributed by atoms with Crippen LogP contribution in [-0.4, -0.2) is 4.98 Å². The Labute approximate surface area is 82.6 Å². The van der Waals surface area contributed by atoms with E-state index in [9.17, 15) is 0 Å². The van der Waals surface area contributed by atoms with Crippen LogP contribution in [-0.2, 0) is 0 Å². The average Bonchev–Trinajstić information content (AvgIpc) is 2.67. The number of nitrogens with zero attached hydrogens (tertiary/aromatic N) is 1. The number of terminal acetylenes is 1. The van der Waals surface area contributed by atoms with E-state index in [2.05, 4.69) is 10.9 Å². The summed E-state index contributed by atoms with van der Waals surface area (Å²) in [5.41, 5.74) is 2.68. The zero-order valence-electron chi connectivity index (χ0n) is 7.82. The van der Waals surface area contributed by atoms with Gasteiger partial charge in [-0.2, -0.15) is 0 Å². The number of hydrogen-bond acceptors (Lipinski definition) is 2. The molecule has 0 atom stereocenters. The van der Waals surface area contributed by atoms with E-state index in [1.165, 1.54) is 11.8 Å². The molecule has 0 spiro atoms. The number of rotatable bonds is 1. The highest BCUT2D eigenvalue weighted by Gasteiger charge is 2.03. The highest BCUT2D eigenvalue weighted by atomic mass is 16.3. The molecule has 2 aromatic rings. The summed E-state index contributed by atoms with van der Waals surface area (Å²) in [5.74, 6) is 2.99. The van der Waals surface area contributed by atoms with Gasteiger partial charge in [0.25, 0.3) is 0 Å². The smallest absolute Gasteiger partial charge is 0.227 e. The van der Waals surface area contributed by atoms with Gasteiger partial charge in [-0.3, -0.25) is 0 Å². The van der Waals surface area contributed by atoms with E-state index in [-0.39, 0.29) is 0 Å². The van der Waals surface area contributed by atoms with Crippen LogP contribution in [0, 0.1) is 19.3 Å². The van der Waals surface area contributed by atoms with E-state index in [4.69, 9.17) is 10.8 Å². The second-order valence-corrected chi connectivity index (χ2v) is 3.05. The lowest BCUT2D eigenvalue weighted by molar-refractivity contribution is 0.574. The van der Waals surface area contributed by atoms with Gasteiger partial charge in [0.2, 0.25) is 5.89 Å². The number of oxazole rings is 1. The van der Waals surface area contributed by atoms with Gasteiger partial charge in [-0.05, 0) is 25.0 Å². The maximum Gasteiger partial charge on any atom is 0.227 e. The Kier molecular flexibility index (Phi) is 2.08. The number of aryl methyl sites for hydroxylation is 1. The summed E-state index contributed by atoms with van der Waals surface area (Å²) in [6.45, 7) is 2.03. The van der Waals surface area contributed by atoms with Gasteiger partial charge >= 0.3 is 0 Å². The predicted molar refractivity (Wildman–Crippen MR) is 54.6 cm³/mol. The molecule has 1 aromatic carbocycles. The first kappa shape index (κ1) is 8.58. The predicted octanol–water partition coefficient (Wildman–Crippen LogP) is 2.63. The molecule has 0 aliphatic carbocycles. The molecule has 0 saturated heterocycles. The van der Waals surface area contributed by atoms with Crippen molar-refractivity contribution >= 4 is 0 Å². The molecular weight excluding hydrogens is 174 g/mol. The minimum Gasteiger partial charge on any atom is -0.443 e. The molecule has 2 heteroatoms. The molecule has 1 aromatic heterocycles. The molecule has 0 aliphatic rings. The molecule has 0 bridgehead atoms. The van der Waals surface area contributed by atoms with E-state index >= 15 is 0 Å². The quantitative estimate of drug-likeness (QED) is 0.635. The van der Waals surface area contributed by atoms with E-state index in [0.717, 1.165) is 5.56 Å². The Balaban J connectivity index is 2.40. The summed E-state index contributed by atoms with van der Waals surface area (Å²) in [5, 5.41) is 0. The highest BCUT2D eigenvalue weighted by molar-refractivity contribution is 5.54. The van der Waals surface area contributed by atoms with Crippen molar-refractivity contribution in [2.75, 3.05) is 0 Å². The molecule has 0 unspecified atom stereocenters. The largest absolute Gasteiger partial charge is 0.443 e. The summed E-state index contributed by atoms with van der Waals surface area (Å²) in [7, 11) is 0. The first-order valence-electron chi connectivity index (χ1n) is 4.29. The van der Waals surface area contributed by atoms with Crippen LogP contribution in [0.5, 0.6) is 0 Å². The number of benzene rings is 1. The topological polar surface area (TPSA) is 26.0 Å². The second kappa shape index (κ2) is 3.39. The van der Waals surface area contributed by atoms with Crippen molar-refractivity contribution in [2.45, 2.75) is 6.92 Å². The third-order valence-electron chi connectivity index (χ3n) is 1.95. The molecule has 2 rings (SSSR count). The lowest BCUT2D eigenvalue weighted by Gasteiger charge is -1.94. The third kappa shape index (κ3) is 1.53. The van der Waals surface area contributed by atoms with Crippen molar-refractivity contribution in [3.8, 4) is 23.8 Å². The Morgan fingerprint density at radius 1 is 1.29 bits per heavy atom. The van der Waals surface area contributed by atoms with Crippen LogP contribution in [0.4, 0.5) is 0 Å². The molecule has 0 fully saturated rings. The molecule has 1 heterocycles. The third-order valence-corrected chi connectivity index (χ3v) is 1.95. The van der Waals surface area contributed by atoms with Gasteiger partial charge in [0, 0.05) is 5.56 Å². The van der Waals surface area contributed by atoms with Crippen LogP contribution in [0.2, 0.25) is 0 Å². The molecule has 0 aliphatic heterocycles. The highest BCUT2D eigenvalue weighted by Crippen LogP contribution is 2.18. The van der Waals surface area contributed by atoms with Crippen LogP contribution in [0.1, 0.15) is 11.3 Å². The molecule has 14 heavy (non-hydrogen) atoms. The maximum absolute atomic E-state index is 5.23. The van der Waals surface area contributed by atoms with Gasteiger partial charge in [0.1, 0.15) is 6.26 Å². The van der Waals surface area contributed by atoms with Gasteiger partial charge in [-0.1, -0.05) is 17.7 Å².